The highest BCUT2D eigenvalue weighted by Gasteiger charge is 2.20. The minimum absolute atomic E-state index is 0.00248. The molecule has 0 aromatic heterocycles. The van der Waals surface area contributed by atoms with Gasteiger partial charge in [0.2, 0.25) is 0 Å². The maximum absolute atomic E-state index is 11.9. The van der Waals surface area contributed by atoms with Gasteiger partial charge in [-0.05, 0) is 18.6 Å². The summed E-state index contributed by atoms with van der Waals surface area (Å²) >= 11 is 0. The summed E-state index contributed by atoms with van der Waals surface area (Å²) in [4.78, 5) is 11.9. The predicted molar refractivity (Wildman–Crippen MR) is 67.5 cm³/mol. The fourth-order valence-corrected chi connectivity index (χ4v) is 1.81. The number of hydrogen-bond acceptors (Lipinski definition) is 5. The van der Waals surface area contributed by atoms with Gasteiger partial charge in [-0.1, -0.05) is 18.2 Å². The summed E-state index contributed by atoms with van der Waals surface area (Å²) in [5, 5.41) is 21.1. The van der Waals surface area contributed by atoms with Crippen LogP contribution < -0.4 is 21.3 Å². The normalized spacial score (nSPS) is 23.6. The second-order valence-electron chi connectivity index (χ2n) is 4.09. The molecule has 2 unspecified atom stereocenters. The van der Waals surface area contributed by atoms with Crippen molar-refractivity contribution in [2.75, 3.05) is 13.3 Å². The van der Waals surface area contributed by atoms with E-state index in [1.807, 2.05) is 18.2 Å². The second kappa shape index (κ2) is 6.46. The lowest BCUT2D eigenvalue weighted by molar-refractivity contribution is 0.0890. The molecule has 0 saturated carbocycles. The highest BCUT2D eigenvalue weighted by atomic mass is 16.3. The fraction of sp³-hybridized carbons (Fsp3) is 0.417. The first-order chi connectivity index (χ1) is 8.79. The summed E-state index contributed by atoms with van der Waals surface area (Å²) in [6, 6.07) is 9.05. The molecule has 0 radical (unpaired) electrons. The lowest BCUT2D eigenvalue weighted by Gasteiger charge is -2.33. The molecule has 1 aromatic carbocycles. The van der Waals surface area contributed by atoms with E-state index in [2.05, 4.69) is 21.3 Å². The quantitative estimate of drug-likeness (QED) is 0.480. The molecule has 2 rings (SSSR count). The van der Waals surface area contributed by atoms with Crippen LogP contribution in [0.15, 0.2) is 30.3 Å². The number of aliphatic hydroxyl groups excluding tert-OH is 1. The number of amides is 1. The van der Waals surface area contributed by atoms with Crippen LogP contribution in [-0.2, 0) is 0 Å². The first-order valence-electron chi connectivity index (χ1n) is 5.99. The highest BCUT2D eigenvalue weighted by molar-refractivity contribution is 5.94. The molecule has 1 aliphatic rings. The van der Waals surface area contributed by atoms with Crippen molar-refractivity contribution in [1.82, 2.24) is 21.3 Å². The number of hydrogen-bond donors (Lipinski definition) is 5. The average molecular weight is 250 g/mol. The van der Waals surface area contributed by atoms with Crippen molar-refractivity contribution in [3.8, 4) is 0 Å². The predicted octanol–water partition coefficient (Wildman–Crippen LogP) is -0.852. The van der Waals surface area contributed by atoms with E-state index in [1.54, 1.807) is 12.1 Å². The Kier molecular flexibility index (Phi) is 4.66. The van der Waals surface area contributed by atoms with Crippen LogP contribution in [0.4, 0.5) is 0 Å². The number of benzene rings is 1. The molecule has 6 heteroatoms. The standard InChI is InChI=1S/C12H18N4O2/c17-7-6-10-13-8-14-12(15-10)16-11(18)9-4-2-1-3-5-9/h1-5,10,12-15,17H,6-8H2,(H,16,18). The number of nitrogens with one attached hydrogen (secondary N) is 4. The molecule has 1 aromatic rings. The third-order valence-electron chi connectivity index (χ3n) is 2.75. The Morgan fingerprint density at radius 2 is 2.11 bits per heavy atom. The van der Waals surface area contributed by atoms with E-state index in [-0.39, 0.29) is 25.0 Å². The smallest absolute Gasteiger partial charge is 0.253 e. The van der Waals surface area contributed by atoms with Crippen molar-refractivity contribution in [2.24, 2.45) is 0 Å². The van der Waals surface area contributed by atoms with E-state index in [1.165, 1.54) is 0 Å². The molecule has 0 spiro atoms. The Balaban J connectivity index is 1.87. The van der Waals surface area contributed by atoms with Gasteiger partial charge in [0.05, 0.1) is 6.17 Å². The van der Waals surface area contributed by atoms with Crippen LogP contribution in [-0.4, -0.2) is 36.7 Å². The Bertz CT molecular complexity index is 383. The molecule has 1 fully saturated rings. The summed E-state index contributed by atoms with van der Waals surface area (Å²) < 4.78 is 0. The van der Waals surface area contributed by atoms with Gasteiger partial charge in [0.15, 0.2) is 0 Å². The third kappa shape index (κ3) is 3.51. The van der Waals surface area contributed by atoms with Crippen LogP contribution >= 0.6 is 0 Å². The Hall–Kier alpha value is -1.47. The first-order valence-corrected chi connectivity index (χ1v) is 5.99. The lowest BCUT2D eigenvalue weighted by Crippen LogP contribution is -2.67. The summed E-state index contributed by atoms with van der Waals surface area (Å²) in [7, 11) is 0. The van der Waals surface area contributed by atoms with Gasteiger partial charge < -0.3 is 10.4 Å². The minimum Gasteiger partial charge on any atom is -0.396 e. The minimum atomic E-state index is -0.296. The number of carbonyl (C=O) groups is 1. The number of rotatable bonds is 4. The third-order valence-corrected chi connectivity index (χ3v) is 2.75. The van der Waals surface area contributed by atoms with E-state index >= 15 is 0 Å². The zero-order chi connectivity index (χ0) is 12.8. The van der Waals surface area contributed by atoms with Crippen molar-refractivity contribution in [3.63, 3.8) is 0 Å². The summed E-state index contributed by atoms with van der Waals surface area (Å²) in [5.41, 5.74) is 0.623. The molecule has 0 bridgehead atoms. The van der Waals surface area contributed by atoms with Crippen LogP contribution in [0.25, 0.3) is 0 Å². The van der Waals surface area contributed by atoms with E-state index in [0.717, 1.165) is 0 Å². The number of aliphatic hydroxyl groups is 1. The molecule has 1 heterocycles. The van der Waals surface area contributed by atoms with E-state index in [4.69, 9.17) is 5.11 Å². The highest BCUT2D eigenvalue weighted by Crippen LogP contribution is 1.99. The number of carbonyl (C=O) groups excluding carboxylic acids is 1. The van der Waals surface area contributed by atoms with E-state index in [0.29, 0.717) is 18.7 Å². The molecule has 18 heavy (non-hydrogen) atoms. The molecule has 1 amide bonds. The van der Waals surface area contributed by atoms with Gasteiger partial charge in [0.25, 0.3) is 5.91 Å². The SMILES string of the molecule is O=C(NC1NCNC(CCO)N1)c1ccccc1. The van der Waals surface area contributed by atoms with Crippen LogP contribution in [0.2, 0.25) is 0 Å². The molecule has 1 saturated heterocycles. The molecular formula is C12H18N4O2. The largest absolute Gasteiger partial charge is 0.396 e. The van der Waals surface area contributed by atoms with Crippen LogP contribution in [0.5, 0.6) is 0 Å². The lowest BCUT2D eigenvalue weighted by atomic mass is 10.2. The zero-order valence-corrected chi connectivity index (χ0v) is 10.0. The topological polar surface area (TPSA) is 85.4 Å². The van der Waals surface area contributed by atoms with Crippen LogP contribution in [0.3, 0.4) is 0 Å². The van der Waals surface area contributed by atoms with Gasteiger partial charge in [-0.2, -0.15) is 0 Å². The molecule has 2 atom stereocenters. The Morgan fingerprint density at radius 3 is 2.83 bits per heavy atom. The summed E-state index contributed by atoms with van der Waals surface area (Å²) in [5.74, 6) is -0.134. The molecule has 0 aliphatic carbocycles. The monoisotopic (exact) mass is 250 g/mol. The average Bonchev–Trinajstić information content (AvgIpc) is 2.40. The first kappa shape index (κ1) is 13.0. The van der Waals surface area contributed by atoms with Crippen molar-refractivity contribution in [2.45, 2.75) is 18.9 Å². The maximum atomic E-state index is 11.9. The Labute approximate surface area is 106 Å². The van der Waals surface area contributed by atoms with Gasteiger partial charge >= 0.3 is 0 Å². The van der Waals surface area contributed by atoms with Crippen LogP contribution in [0, 0.1) is 0 Å². The molecule has 1 aliphatic heterocycles. The Morgan fingerprint density at radius 1 is 1.33 bits per heavy atom. The van der Waals surface area contributed by atoms with Gasteiger partial charge in [-0.15, -0.1) is 0 Å². The van der Waals surface area contributed by atoms with Crippen molar-refractivity contribution in [1.29, 1.82) is 0 Å². The molecule has 6 nitrogen and oxygen atoms in total. The van der Waals surface area contributed by atoms with Gasteiger partial charge in [0, 0.05) is 18.8 Å². The van der Waals surface area contributed by atoms with Crippen LogP contribution in [0.1, 0.15) is 16.8 Å². The second-order valence-corrected chi connectivity index (χ2v) is 4.09. The molecule has 5 N–H and O–H groups in total. The molecular weight excluding hydrogens is 232 g/mol. The van der Waals surface area contributed by atoms with Crippen molar-refractivity contribution < 1.29 is 9.90 Å². The zero-order valence-electron chi connectivity index (χ0n) is 10.0. The maximum Gasteiger partial charge on any atom is 0.253 e. The summed E-state index contributed by atoms with van der Waals surface area (Å²) in [6.45, 7) is 0.682. The van der Waals surface area contributed by atoms with Gasteiger partial charge in [-0.25, -0.2) is 0 Å². The van der Waals surface area contributed by atoms with E-state index in [9.17, 15) is 4.79 Å². The van der Waals surface area contributed by atoms with E-state index < -0.39 is 0 Å². The van der Waals surface area contributed by atoms with Crippen molar-refractivity contribution >= 4 is 5.91 Å². The summed E-state index contributed by atoms with van der Waals surface area (Å²) in [6.07, 6.45) is 0.298. The van der Waals surface area contributed by atoms with Gasteiger partial charge in [0.1, 0.15) is 6.29 Å². The fourth-order valence-electron chi connectivity index (χ4n) is 1.81. The van der Waals surface area contributed by atoms with Gasteiger partial charge in [-0.3, -0.25) is 20.7 Å². The molecule has 98 valence electrons. The van der Waals surface area contributed by atoms with Crippen molar-refractivity contribution in [3.05, 3.63) is 35.9 Å².